The summed E-state index contributed by atoms with van der Waals surface area (Å²) < 4.78 is 0. The van der Waals surface area contributed by atoms with Gasteiger partial charge in [0.15, 0.2) is 0 Å². The zero-order valence-electron chi connectivity index (χ0n) is 25.3. The molecule has 0 aliphatic heterocycles. The average molecular weight is 474 g/mol. The summed E-state index contributed by atoms with van der Waals surface area (Å²) in [7, 11) is 6.66. The van der Waals surface area contributed by atoms with Crippen molar-refractivity contribution in [2.24, 2.45) is 5.92 Å². The van der Waals surface area contributed by atoms with Gasteiger partial charge in [-0.15, -0.1) is 5.47 Å². The van der Waals surface area contributed by atoms with E-state index in [1.165, 1.54) is 77.7 Å². The molecule has 1 atom stereocenters. The third kappa shape index (κ3) is 6.00. The van der Waals surface area contributed by atoms with E-state index < -0.39 is 0 Å². The Balaban J connectivity index is 2.90. The summed E-state index contributed by atoms with van der Waals surface area (Å²) in [5.74, 6) is 0.344. The third-order valence-corrected chi connectivity index (χ3v) is 8.87. The predicted octanol–water partition coefficient (Wildman–Crippen LogP) is 6.90. The van der Waals surface area contributed by atoms with Crippen LogP contribution in [0.25, 0.3) is 0 Å². The first-order valence-corrected chi connectivity index (χ1v) is 13.2. The molecule has 36 heavy (non-hydrogen) atoms. The van der Waals surface area contributed by atoms with Crippen molar-refractivity contribution in [2.75, 3.05) is 0 Å². The smallest absolute Gasteiger partial charge is 0.100 e. The Morgan fingerprint density at radius 3 is 1.67 bits per heavy atom. The Bertz CT molecular complexity index is 1300. The summed E-state index contributed by atoms with van der Waals surface area (Å²) in [4.78, 5) is 0. The second kappa shape index (κ2) is 11.6. The minimum Gasteiger partial charge on any atom is -0.100 e. The second-order valence-corrected chi connectivity index (χ2v) is 11.0. The zero-order chi connectivity index (χ0) is 27.6. The molecule has 0 aromatic rings. The molecule has 0 amide bonds. The number of hydrogen-bond donors (Lipinski definition) is 0. The molecule has 0 heterocycles. The van der Waals surface area contributed by atoms with Gasteiger partial charge in [-0.1, -0.05) is 77.6 Å². The summed E-state index contributed by atoms with van der Waals surface area (Å²) in [6.07, 6.45) is 9.29. The molecule has 2 aliphatic carbocycles. The van der Waals surface area contributed by atoms with E-state index in [4.69, 9.17) is 0 Å². The summed E-state index contributed by atoms with van der Waals surface area (Å²) in [5.41, 5.74) is 20.5. The summed E-state index contributed by atoms with van der Waals surface area (Å²) >= 11 is 0. The highest BCUT2D eigenvalue weighted by Gasteiger charge is 2.21. The summed E-state index contributed by atoms with van der Waals surface area (Å²) in [5, 5.41) is 0. The fourth-order valence-corrected chi connectivity index (χ4v) is 4.96. The molecule has 0 spiro atoms. The second-order valence-electron chi connectivity index (χ2n) is 11.0. The lowest BCUT2D eigenvalue weighted by Crippen LogP contribution is -2.03. The number of rotatable bonds is 0. The maximum Gasteiger partial charge on any atom is 0.140 e. The summed E-state index contributed by atoms with van der Waals surface area (Å²) in [6, 6.07) is 0. The standard InChI is InChI=1S/C33H45B3/c1-17-13-18(2)24(8)32(35)21(5)15-29-26(10)27(11)30(28(29)12)16-22(6)33(36)25(9)19(3)14-20(4)31(34)23(17)7/h13-16,22H,2,4,34-36H2,1,3,5-12H3/b17-13+,19-14+,21-15+,30-16-,31-23+,32-24+,33-25+. The first-order valence-electron chi connectivity index (χ1n) is 13.2. The zero-order valence-corrected chi connectivity index (χ0v) is 25.3. The molecule has 0 fully saturated rings. The molecule has 0 aromatic carbocycles. The van der Waals surface area contributed by atoms with Gasteiger partial charge in [-0.2, -0.15) is 0 Å². The molecule has 1 unspecified atom stereocenters. The lowest BCUT2D eigenvalue weighted by atomic mass is 9.77. The van der Waals surface area contributed by atoms with Crippen LogP contribution in [-0.4, -0.2) is 23.5 Å². The Hall–Kier alpha value is -2.67. The van der Waals surface area contributed by atoms with E-state index in [0.29, 0.717) is 5.92 Å². The Labute approximate surface area is 224 Å². The van der Waals surface area contributed by atoms with Crippen LogP contribution in [0.2, 0.25) is 0 Å². The summed E-state index contributed by atoms with van der Waals surface area (Å²) in [6.45, 7) is 31.2. The van der Waals surface area contributed by atoms with Crippen molar-refractivity contribution < 1.29 is 0 Å². The molecule has 186 valence electrons. The van der Waals surface area contributed by atoms with Gasteiger partial charge in [-0.05, 0) is 118 Å². The highest BCUT2D eigenvalue weighted by Crippen LogP contribution is 2.39. The molecule has 3 heteroatoms. The Kier molecular flexibility index (Phi) is 9.52. The van der Waals surface area contributed by atoms with Gasteiger partial charge in [0.2, 0.25) is 0 Å². The topological polar surface area (TPSA) is 0 Å². The van der Waals surface area contributed by atoms with Gasteiger partial charge in [0.25, 0.3) is 0 Å². The van der Waals surface area contributed by atoms with E-state index in [1.54, 1.807) is 0 Å². The first kappa shape index (κ1) is 29.6. The highest BCUT2D eigenvalue weighted by atomic mass is 14.3. The van der Waals surface area contributed by atoms with E-state index in [2.05, 4.69) is 130 Å². The molecular formula is C33H45B3. The minimum absolute atomic E-state index is 0.344. The van der Waals surface area contributed by atoms with Gasteiger partial charge in [0.05, 0.1) is 0 Å². The van der Waals surface area contributed by atoms with Crippen LogP contribution in [0.1, 0.15) is 69.2 Å². The van der Waals surface area contributed by atoms with Gasteiger partial charge < -0.3 is 0 Å². The number of hydrogen-bond acceptors (Lipinski definition) is 0. The van der Waals surface area contributed by atoms with Crippen LogP contribution in [0.5, 0.6) is 0 Å². The molecule has 2 aliphatic rings. The molecule has 0 saturated heterocycles. The van der Waals surface area contributed by atoms with Crippen LogP contribution in [0.4, 0.5) is 0 Å². The van der Waals surface area contributed by atoms with Crippen molar-refractivity contribution in [3.8, 4) is 0 Å². The van der Waals surface area contributed by atoms with Gasteiger partial charge in [0.1, 0.15) is 23.5 Å². The van der Waals surface area contributed by atoms with E-state index in [1.807, 2.05) is 0 Å². The lowest BCUT2D eigenvalue weighted by Gasteiger charge is -2.17. The van der Waals surface area contributed by atoms with Crippen molar-refractivity contribution in [2.45, 2.75) is 69.2 Å². The minimum atomic E-state index is 0.344. The maximum absolute atomic E-state index is 4.43. The molecule has 2 bridgehead atoms. The van der Waals surface area contributed by atoms with Crippen LogP contribution in [0.3, 0.4) is 0 Å². The number of fused-ring (bicyclic) bond motifs is 1. The molecule has 0 nitrogen and oxygen atoms in total. The van der Waals surface area contributed by atoms with Crippen molar-refractivity contribution in [1.82, 2.24) is 0 Å². The van der Waals surface area contributed by atoms with E-state index >= 15 is 0 Å². The van der Waals surface area contributed by atoms with Crippen LogP contribution in [0.15, 0.2) is 126 Å². The van der Waals surface area contributed by atoms with E-state index in [9.17, 15) is 0 Å². The predicted molar refractivity (Wildman–Crippen MR) is 172 cm³/mol. The SMILES string of the molecule is B/C1=C(C)/C(C)=C/C(=C)/C(C)=C(B)\C(C)=C\C2=C(C)C(=C\C(C)/C(B)=C(C)\C(C)=C\C1=C)/C(C)=C2C. The lowest BCUT2D eigenvalue weighted by molar-refractivity contribution is 0.893. The maximum atomic E-state index is 4.43. The van der Waals surface area contributed by atoms with Crippen LogP contribution >= 0.6 is 0 Å². The largest absolute Gasteiger partial charge is 0.140 e. The van der Waals surface area contributed by atoms with E-state index in [-0.39, 0.29) is 0 Å². The Morgan fingerprint density at radius 1 is 0.556 bits per heavy atom. The van der Waals surface area contributed by atoms with Crippen molar-refractivity contribution in [3.63, 3.8) is 0 Å². The molecule has 0 aromatic heterocycles. The van der Waals surface area contributed by atoms with Crippen LogP contribution < -0.4 is 0 Å². The van der Waals surface area contributed by atoms with Gasteiger partial charge >= 0.3 is 0 Å². The van der Waals surface area contributed by atoms with Crippen molar-refractivity contribution in [3.05, 3.63) is 126 Å². The average Bonchev–Trinajstić information content (AvgIpc) is 3.03. The fraction of sp³-hybridized carbons (Fsp3) is 0.333. The number of allylic oxidation sites excluding steroid dienone is 20. The van der Waals surface area contributed by atoms with E-state index in [0.717, 1.165) is 11.1 Å². The highest BCUT2D eigenvalue weighted by molar-refractivity contribution is 6.26. The molecule has 0 radical (unpaired) electrons. The molecule has 2 rings (SSSR count). The Morgan fingerprint density at radius 2 is 1.08 bits per heavy atom. The van der Waals surface area contributed by atoms with Crippen LogP contribution in [0, 0.1) is 5.92 Å². The van der Waals surface area contributed by atoms with Gasteiger partial charge in [0, 0.05) is 0 Å². The van der Waals surface area contributed by atoms with Crippen molar-refractivity contribution in [1.29, 1.82) is 0 Å². The molecule has 0 N–H and O–H groups in total. The molecular weight excluding hydrogens is 429 g/mol. The van der Waals surface area contributed by atoms with Crippen molar-refractivity contribution >= 4 is 23.5 Å². The van der Waals surface area contributed by atoms with Gasteiger partial charge in [-0.25, -0.2) is 0 Å². The van der Waals surface area contributed by atoms with Gasteiger partial charge in [-0.3, -0.25) is 0 Å². The third-order valence-electron chi connectivity index (χ3n) is 8.87. The quantitative estimate of drug-likeness (QED) is 0.335. The fourth-order valence-electron chi connectivity index (χ4n) is 4.96. The monoisotopic (exact) mass is 474 g/mol. The first-order chi connectivity index (χ1) is 16.6. The molecule has 0 saturated carbocycles. The normalized spacial score (nSPS) is 33.7. The van der Waals surface area contributed by atoms with Crippen LogP contribution in [-0.2, 0) is 0 Å².